The van der Waals surface area contributed by atoms with E-state index in [9.17, 15) is 29.4 Å². The molecule has 1 aromatic heterocycles. The summed E-state index contributed by atoms with van der Waals surface area (Å²) in [6.07, 6.45) is 1.27. The number of nitrogens with two attached hydrogens (primary N) is 1. The summed E-state index contributed by atoms with van der Waals surface area (Å²) in [6, 6.07) is -1.22. The first-order chi connectivity index (χ1) is 18.1. The van der Waals surface area contributed by atoms with Gasteiger partial charge >= 0.3 is 5.97 Å². The number of aromatic nitrogens is 4. The highest BCUT2D eigenvalue weighted by atomic mass is 32.2. The van der Waals surface area contributed by atoms with Crippen LogP contribution in [0.3, 0.4) is 0 Å². The number of carbonyl (C=O) groups is 4. The van der Waals surface area contributed by atoms with Gasteiger partial charge in [0.2, 0.25) is 11.8 Å². The minimum absolute atomic E-state index is 0.00406. The largest absolute Gasteiger partial charge is 0.477 e. The molecule has 0 saturated carbocycles. The number of aliphatic hydroxyl groups is 1. The van der Waals surface area contributed by atoms with Crippen molar-refractivity contribution in [1.29, 1.82) is 0 Å². The number of hydrogen-bond donors (Lipinski definition) is 4. The van der Waals surface area contributed by atoms with Crippen molar-refractivity contribution in [3.63, 3.8) is 0 Å². The molecule has 0 aliphatic carbocycles. The second-order valence-corrected chi connectivity index (χ2v) is 12.0. The number of thioether (sulfide) groups is 1. The van der Waals surface area contributed by atoms with Gasteiger partial charge in [0.05, 0.1) is 24.1 Å². The molecule has 3 saturated heterocycles. The number of β-amino-alcohol motifs (C(OH)–C–C–N with tert-alkyl or cyclic N) is 1. The summed E-state index contributed by atoms with van der Waals surface area (Å²) in [7, 11) is 0. The molecule has 1 aromatic rings. The van der Waals surface area contributed by atoms with Crippen molar-refractivity contribution in [1.82, 2.24) is 35.3 Å². The Morgan fingerprint density at radius 2 is 2.08 bits per heavy atom. The zero-order valence-electron chi connectivity index (χ0n) is 21.1. The Kier molecular flexibility index (Phi) is 7.28. The van der Waals surface area contributed by atoms with Crippen LogP contribution in [0, 0.1) is 17.8 Å². The van der Waals surface area contributed by atoms with Crippen LogP contribution >= 0.6 is 11.8 Å². The van der Waals surface area contributed by atoms with Crippen LogP contribution in [-0.4, -0.2) is 113 Å². The highest BCUT2D eigenvalue weighted by molar-refractivity contribution is 8.03. The molecule has 14 nitrogen and oxygen atoms in total. The molecule has 5 rings (SSSR count). The summed E-state index contributed by atoms with van der Waals surface area (Å²) in [4.78, 5) is 54.4. The van der Waals surface area contributed by atoms with Crippen LogP contribution in [0.4, 0.5) is 0 Å². The van der Waals surface area contributed by atoms with Crippen molar-refractivity contribution in [2.45, 2.75) is 62.7 Å². The van der Waals surface area contributed by atoms with Gasteiger partial charge in [-0.2, -0.15) is 0 Å². The Morgan fingerprint density at radius 3 is 2.71 bits per heavy atom. The SMILES string of the molecule is C[C@@H](CC(=O)Cn1cnnn1)[C@H]1C(=O)N2C(C(=O)O)=C(S[C@@H]3CN[C@H](C(=O)N4C[C@H](N)[C@@H](O)C4)C3)[C@H](C)[C@H]12. The average molecular weight is 549 g/mol. The Bertz CT molecular complexity index is 1150. The number of Topliss-reactive ketones (excluding diaryl/α,β-unsaturated/α-hetero) is 1. The van der Waals surface area contributed by atoms with Crippen molar-refractivity contribution in [2.24, 2.45) is 23.5 Å². The Balaban J connectivity index is 1.23. The van der Waals surface area contributed by atoms with Gasteiger partial charge in [-0.15, -0.1) is 16.9 Å². The molecule has 0 spiro atoms. The number of tetrazole rings is 1. The van der Waals surface area contributed by atoms with E-state index < -0.39 is 30.1 Å². The predicted octanol–water partition coefficient (Wildman–Crippen LogP) is -1.96. The van der Waals surface area contributed by atoms with E-state index in [0.717, 1.165) is 0 Å². The number of aliphatic hydroxyl groups excluding tert-OH is 1. The maximum absolute atomic E-state index is 13.1. The molecule has 0 unspecified atom stereocenters. The first-order valence-electron chi connectivity index (χ1n) is 12.7. The lowest BCUT2D eigenvalue weighted by Crippen LogP contribution is -2.62. The molecule has 5 heterocycles. The van der Waals surface area contributed by atoms with Crippen LogP contribution < -0.4 is 11.1 Å². The third kappa shape index (κ3) is 4.72. The number of β-lactam (4-membered cyclic amide) rings is 1. The van der Waals surface area contributed by atoms with Gasteiger partial charge in [0.25, 0.3) is 0 Å². The summed E-state index contributed by atoms with van der Waals surface area (Å²) in [5.74, 6) is -2.61. The lowest BCUT2D eigenvalue weighted by molar-refractivity contribution is -0.160. The maximum Gasteiger partial charge on any atom is 0.353 e. The van der Waals surface area contributed by atoms with Crippen molar-refractivity contribution in [3.05, 3.63) is 16.9 Å². The second kappa shape index (κ2) is 10.4. The molecular weight excluding hydrogens is 516 g/mol. The fourth-order valence-electron chi connectivity index (χ4n) is 6.12. The minimum Gasteiger partial charge on any atom is -0.477 e. The van der Waals surface area contributed by atoms with Crippen molar-refractivity contribution < 1.29 is 29.4 Å². The summed E-state index contributed by atoms with van der Waals surface area (Å²) < 4.78 is 1.33. The quantitative estimate of drug-likeness (QED) is 0.249. The van der Waals surface area contributed by atoms with Crippen molar-refractivity contribution >= 4 is 35.3 Å². The van der Waals surface area contributed by atoms with Gasteiger partial charge in [0.1, 0.15) is 18.6 Å². The van der Waals surface area contributed by atoms with E-state index in [1.165, 1.54) is 27.7 Å². The summed E-state index contributed by atoms with van der Waals surface area (Å²) in [5.41, 5.74) is 5.85. The number of fused-ring (bicyclic) bond motifs is 1. The van der Waals surface area contributed by atoms with Crippen LogP contribution in [0.2, 0.25) is 0 Å². The summed E-state index contributed by atoms with van der Waals surface area (Å²) >= 11 is 1.41. The molecule has 2 amide bonds. The van der Waals surface area contributed by atoms with Crippen LogP contribution in [0.25, 0.3) is 0 Å². The van der Waals surface area contributed by atoms with E-state index in [2.05, 4.69) is 20.8 Å². The van der Waals surface area contributed by atoms with E-state index in [4.69, 9.17) is 5.73 Å². The lowest BCUT2D eigenvalue weighted by atomic mass is 9.73. The topological polar surface area (TPSA) is 197 Å². The molecule has 4 aliphatic rings. The molecule has 206 valence electrons. The highest BCUT2D eigenvalue weighted by Crippen LogP contribution is 2.53. The van der Waals surface area contributed by atoms with Gasteiger partial charge in [-0.25, -0.2) is 9.48 Å². The number of nitrogens with one attached hydrogen (secondary N) is 1. The molecule has 0 aromatic carbocycles. The first-order valence-corrected chi connectivity index (χ1v) is 13.6. The van der Waals surface area contributed by atoms with Gasteiger partial charge in [-0.1, -0.05) is 13.8 Å². The fraction of sp³-hybridized carbons (Fsp3) is 0.696. The normalized spacial score (nSPS) is 33.5. The number of amides is 2. The van der Waals surface area contributed by atoms with Crippen molar-refractivity contribution in [2.75, 3.05) is 19.6 Å². The Hall–Kier alpha value is -2.88. The highest BCUT2D eigenvalue weighted by Gasteiger charge is 2.60. The number of carboxylic acid groups (broad SMARTS) is 1. The Morgan fingerprint density at radius 1 is 1.32 bits per heavy atom. The first kappa shape index (κ1) is 26.7. The zero-order valence-corrected chi connectivity index (χ0v) is 22.0. The van der Waals surface area contributed by atoms with Crippen LogP contribution in [0.1, 0.15) is 26.7 Å². The molecule has 38 heavy (non-hydrogen) atoms. The van der Waals surface area contributed by atoms with Gasteiger partial charge in [-0.3, -0.25) is 14.4 Å². The lowest BCUT2D eigenvalue weighted by Gasteiger charge is -2.47. The number of carboxylic acids is 1. The van der Waals surface area contributed by atoms with E-state index in [0.29, 0.717) is 24.4 Å². The number of nitrogens with zero attached hydrogens (tertiary/aromatic N) is 6. The zero-order chi connectivity index (χ0) is 27.3. The van der Waals surface area contributed by atoms with E-state index in [1.807, 2.05) is 13.8 Å². The number of likely N-dealkylation sites (tertiary alicyclic amines) is 1. The Labute approximate surface area is 222 Å². The van der Waals surface area contributed by atoms with Gasteiger partial charge in [0.15, 0.2) is 5.78 Å². The number of carbonyl (C=O) groups excluding carboxylic acids is 3. The number of rotatable bonds is 9. The standard InChI is InChI=1S/C23H32N8O6S/c1-10(3-12(32)6-30-9-26-27-28-30)17-18-11(2)20(19(23(36)37)31(18)22(17)35)38-13-4-15(25-5-13)21(34)29-7-14(24)16(33)8-29/h9-11,13-18,25,33H,3-8,24H2,1-2H3,(H,36,37)/t10-,11+,13-,14-,15-,16-,17+,18+/m0/s1. The summed E-state index contributed by atoms with van der Waals surface area (Å²) in [6.45, 7) is 4.79. The van der Waals surface area contributed by atoms with E-state index in [-0.39, 0.29) is 65.9 Å². The third-order valence-electron chi connectivity index (χ3n) is 8.01. The number of hydrogen-bond acceptors (Lipinski definition) is 11. The summed E-state index contributed by atoms with van der Waals surface area (Å²) in [5, 5.41) is 33.8. The van der Waals surface area contributed by atoms with Crippen LogP contribution in [0.5, 0.6) is 0 Å². The molecule has 8 atom stereocenters. The molecule has 4 aliphatic heterocycles. The molecule has 0 bridgehead atoms. The average Bonchev–Trinajstić information content (AvgIpc) is 3.63. The molecule has 0 radical (unpaired) electrons. The molecule has 3 fully saturated rings. The molecule has 5 N–H and O–H groups in total. The molecular formula is C23H32N8O6S. The maximum atomic E-state index is 13.1. The van der Waals surface area contributed by atoms with Crippen molar-refractivity contribution in [3.8, 4) is 0 Å². The van der Waals surface area contributed by atoms with Gasteiger partial charge in [-0.05, 0) is 22.8 Å². The predicted molar refractivity (Wildman–Crippen MR) is 133 cm³/mol. The van der Waals surface area contributed by atoms with Gasteiger partial charge in [0, 0.05) is 48.2 Å². The minimum atomic E-state index is -1.16. The smallest absolute Gasteiger partial charge is 0.353 e. The van der Waals surface area contributed by atoms with Gasteiger partial charge < -0.3 is 31.1 Å². The fourth-order valence-corrected chi connectivity index (χ4v) is 7.60. The van der Waals surface area contributed by atoms with Crippen LogP contribution in [-0.2, 0) is 25.7 Å². The van der Waals surface area contributed by atoms with E-state index >= 15 is 0 Å². The van der Waals surface area contributed by atoms with Crippen LogP contribution in [0.15, 0.2) is 16.9 Å². The molecule has 15 heteroatoms. The number of ketones is 1. The monoisotopic (exact) mass is 548 g/mol. The van der Waals surface area contributed by atoms with E-state index in [1.54, 1.807) is 4.90 Å². The second-order valence-electron chi connectivity index (χ2n) is 10.7. The number of aliphatic carboxylic acids is 1. The third-order valence-corrected chi connectivity index (χ3v) is 9.52.